The second-order valence-electron chi connectivity index (χ2n) is 7.47. The first-order valence-corrected chi connectivity index (χ1v) is 9.45. The molecule has 30 heavy (non-hydrogen) atoms. The van der Waals surface area contributed by atoms with E-state index in [2.05, 4.69) is 11.9 Å². The summed E-state index contributed by atoms with van der Waals surface area (Å²) in [6.45, 7) is 0. The highest BCUT2D eigenvalue weighted by atomic mass is 19.1. The Balaban J connectivity index is 0.000000274. The maximum atomic E-state index is 13.1. The van der Waals surface area contributed by atoms with Crippen LogP contribution in [-0.2, 0) is 19.1 Å². The van der Waals surface area contributed by atoms with Crippen molar-refractivity contribution in [2.45, 2.75) is 49.5 Å². The minimum absolute atomic E-state index is 0.136. The van der Waals surface area contributed by atoms with Crippen LogP contribution in [0.3, 0.4) is 0 Å². The summed E-state index contributed by atoms with van der Waals surface area (Å²) in [5, 5.41) is 32.5. The van der Waals surface area contributed by atoms with E-state index in [1.807, 2.05) is 0 Å². The Morgan fingerprint density at radius 1 is 1.07 bits per heavy atom. The van der Waals surface area contributed by atoms with Crippen LogP contribution >= 0.6 is 0 Å². The molecule has 1 aromatic rings. The van der Waals surface area contributed by atoms with E-state index in [0.29, 0.717) is 6.04 Å². The summed E-state index contributed by atoms with van der Waals surface area (Å²) in [4.78, 5) is 34.1. The normalized spacial score (nSPS) is 27.4. The van der Waals surface area contributed by atoms with Crippen molar-refractivity contribution in [2.75, 3.05) is 14.2 Å². The summed E-state index contributed by atoms with van der Waals surface area (Å²) in [5.41, 5.74) is 1.05. The molecule has 6 unspecified atom stereocenters. The van der Waals surface area contributed by atoms with Gasteiger partial charge >= 0.3 is 17.9 Å². The standard InChI is InChI=1S/C16H20FNO2.C4H6O6/c1-18-12-7-8-14(18)15(16(19)20-2)13(9-12)10-3-5-11(17)6-4-10;5-1(3(7)8)2(6)4(9)10/h3-6,12-15H,7-9H2,1-2H3;1-2,5-6H,(H,7,8)(H,9,10). The van der Waals surface area contributed by atoms with Crippen LogP contribution in [0.15, 0.2) is 24.3 Å². The fraction of sp³-hybridized carbons (Fsp3) is 0.550. The second kappa shape index (κ2) is 9.96. The van der Waals surface area contributed by atoms with Gasteiger partial charge in [-0.2, -0.15) is 0 Å². The summed E-state index contributed by atoms with van der Waals surface area (Å²) in [6, 6.07) is 7.34. The lowest BCUT2D eigenvalue weighted by molar-refractivity contribution is -0.165. The van der Waals surface area contributed by atoms with Crippen LogP contribution < -0.4 is 0 Å². The third-order valence-electron chi connectivity index (χ3n) is 5.85. The molecule has 0 aliphatic carbocycles. The summed E-state index contributed by atoms with van der Waals surface area (Å²) in [5.74, 6) is -3.92. The van der Waals surface area contributed by atoms with E-state index in [1.54, 1.807) is 12.1 Å². The van der Waals surface area contributed by atoms with Gasteiger partial charge in [0.15, 0.2) is 12.2 Å². The van der Waals surface area contributed by atoms with E-state index in [-0.39, 0.29) is 29.7 Å². The Labute approximate surface area is 172 Å². The molecule has 10 heteroatoms. The van der Waals surface area contributed by atoms with Gasteiger partial charge in [0.25, 0.3) is 0 Å². The average Bonchev–Trinajstić information content (AvgIpc) is 2.95. The molecule has 3 rings (SSSR count). The number of aliphatic hydroxyl groups excluding tert-OH is 2. The number of benzene rings is 1. The van der Waals surface area contributed by atoms with Crippen LogP contribution in [0.2, 0.25) is 0 Å². The predicted molar refractivity (Wildman–Crippen MR) is 101 cm³/mol. The zero-order chi connectivity index (χ0) is 22.6. The molecule has 2 aliphatic heterocycles. The number of piperidine rings is 1. The molecule has 2 bridgehead atoms. The minimum Gasteiger partial charge on any atom is -0.479 e. The lowest BCUT2D eigenvalue weighted by Crippen LogP contribution is -2.49. The number of carbonyl (C=O) groups is 3. The third kappa shape index (κ3) is 5.13. The topological polar surface area (TPSA) is 145 Å². The van der Waals surface area contributed by atoms with Crippen molar-refractivity contribution in [3.05, 3.63) is 35.6 Å². The molecule has 2 heterocycles. The van der Waals surface area contributed by atoms with E-state index < -0.39 is 24.1 Å². The van der Waals surface area contributed by atoms with Gasteiger partial charge in [0.05, 0.1) is 13.0 Å². The number of aliphatic hydroxyl groups is 2. The van der Waals surface area contributed by atoms with Gasteiger partial charge < -0.3 is 25.2 Å². The number of carboxylic acids is 2. The van der Waals surface area contributed by atoms with Gasteiger partial charge in [0.1, 0.15) is 5.82 Å². The molecule has 6 atom stereocenters. The SMILES string of the molecule is COC(=O)C1C(c2ccc(F)cc2)CC2CCC1N2C.O=C(O)C(O)C(O)C(=O)O. The summed E-state index contributed by atoms with van der Waals surface area (Å²) >= 11 is 0. The fourth-order valence-corrected chi connectivity index (χ4v) is 4.25. The van der Waals surface area contributed by atoms with Gasteiger partial charge in [-0.1, -0.05) is 12.1 Å². The molecule has 4 N–H and O–H groups in total. The molecule has 0 amide bonds. The van der Waals surface area contributed by atoms with E-state index in [0.717, 1.165) is 24.8 Å². The molecule has 2 saturated heterocycles. The molecular formula is C20H26FNO8. The van der Waals surface area contributed by atoms with Crippen molar-refractivity contribution in [3.8, 4) is 0 Å². The molecule has 2 aliphatic rings. The lowest BCUT2D eigenvalue weighted by atomic mass is 9.76. The Kier molecular flexibility index (Phi) is 7.88. The Bertz CT molecular complexity index is 753. The number of rotatable bonds is 5. The molecule has 0 radical (unpaired) electrons. The molecule has 1 aromatic carbocycles. The molecule has 0 saturated carbocycles. The van der Waals surface area contributed by atoms with Crippen molar-refractivity contribution in [2.24, 2.45) is 5.92 Å². The first-order chi connectivity index (χ1) is 14.1. The average molecular weight is 427 g/mol. The van der Waals surface area contributed by atoms with Crippen LogP contribution in [0.1, 0.15) is 30.7 Å². The van der Waals surface area contributed by atoms with Gasteiger partial charge in [0, 0.05) is 18.0 Å². The van der Waals surface area contributed by atoms with Gasteiger partial charge in [-0.25, -0.2) is 14.0 Å². The maximum Gasteiger partial charge on any atom is 0.335 e. The molecule has 2 fully saturated rings. The Hall–Kier alpha value is -2.56. The highest BCUT2D eigenvalue weighted by Crippen LogP contribution is 2.46. The zero-order valence-corrected chi connectivity index (χ0v) is 16.6. The number of esters is 1. The van der Waals surface area contributed by atoms with Crippen molar-refractivity contribution in [1.29, 1.82) is 0 Å². The number of nitrogens with zero attached hydrogens (tertiary/aromatic N) is 1. The molecule has 0 aromatic heterocycles. The van der Waals surface area contributed by atoms with Gasteiger partial charge in [0.2, 0.25) is 0 Å². The number of hydrogen-bond acceptors (Lipinski definition) is 7. The fourth-order valence-electron chi connectivity index (χ4n) is 4.25. The van der Waals surface area contributed by atoms with E-state index in [9.17, 15) is 18.8 Å². The minimum atomic E-state index is -2.27. The van der Waals surface area contributed by atoms with Crippen molar-refractivity contribution in [1.82, 2.24) is 4.90 Å². The number of hydrogen-bond donors (Lipinski definition) is 4. The number of aliphatic carboxylic acids is 2. The highest BCUT2D eigenvalue weighted by Gasteiger charge is 2.49. The second-order valence-corrected chi connectivity index (χ2v) is 7.47. The smallest absolute Gasteiger partial charge is 0.335 e. The van der Waals surface area contributed by atoms with E-state index in [1.165, 1.54) is 19.2 Å². The highest BCUT2D eigenvalue weighted by molar-refractivity contribution is 5.83. The first-order valence-electron chi connectivity index (χ1n) is 9.45. The monoisotopic (exact) mass is 427 g/mol. The van der Waals surface area contributed by atoms with Crippen molar-refractivity contribution in [3.63, 3.8) is 0 Å². The van der Waals surface area contributed by atoms with Crippen molar-refractivity contribution < 1.29 is 43.9 Å². The molecular weight excluding hydrogens is 401 g/mol. The molecule has 166 valence electrons. The number of carbonyl (C=O) groups excluding carboxylic acids is 1. The van der Waals surface area contributed by atoms with Crippen LogP contribution in [0.25, 0.3) is 0 Å². The lowest BCUT2D eigenvalue weighted by Gasteiger charge is -2.41. The number of methoxy groups -OCH3 is 1. The maximum absolute atomic E-state index is 13.1. The van der Waals surface area contributed by atoms with Gasteiger partial charge in [-0.3, -0.25) is 9.69 Å². The molecule has 0 spiro atoms. The van der Waals surface area contributed by atoms with Gasteiger partial charge in [-0.15, -0.1) is 0 Å². The van der Waals surface area contributed by atoms with Crippen LogP contribution in [0.5, 0.6) is 0 Å². The third-order valence-corrected chi connectivity index (χ3v) is 5.85. The largest absolute Gasteiger partial charge is 0.479 e. The van der Waals surface area contributed by atoms with Crippen LogP contribution in [0.4, 0.5) is 4.39 Å². The quantitative estimate of drug-likeness (QED) is 0.492. The summed E-state index contributed by atoms with van der Waals surface area (Å²) in [7, 11) is 3.55. The van der Waals surface area contributed by atoms with E-state index in [4.69, 9.17) is 25.2 Å². The Morgan fingerprint density at radius 3 is 2.07 bits per heavy atom. The van der Waals surface area contributed by atoms with Crippen LogP contribution in [-0.4, -0.2) is 81.7 Å². The number of ether oxygens (including phenoxy) is 1. The summed E-state index contributed by atoms with van der Waals surface area (Å²) < 4.78 is 18.1. The first kappa shape index (κ1) is 23.7. The molecule has 9 nitrogen and oxygen atoms in total. The number of halogens is 1. The van der Waals surface area contributed by atoms with E-state index >= 15 is 0 Å². The number of carboxylic acid groups (broad SMARTS) is 2. The Morgan fingerprint density at radius 2 is 1.60 bits per heavy atom. The van der Waals surface area contributed by atoms with Crippen LogP contribution in [0, 0.1) is 11.7 Å². The van der Waals surface area contributed by atoms with Crippen molar-refractivity contribution >= 4 is 17.9 Å². The summed E-state index contributed by atoms with van der Waals surface area (Å²) in [6.07, 6.45) is -1.42. The predicted octanol–water partition coefficient (Wildman–Crippen LogP) is 0.442. The number of fused-ring (bicyclic) bond motifs is 2. The zero-order valence-electron chi connectivity index (χ0n) is 16.6. The van der Waals surface area contributed by atoms with Gasteiger partial charge in [-0.05, 0) is 44.0 Å².